The Morgan fingerprint density at radius 3 is 2.18 bits per heavy atom. The fourth-order valence-corrected chi connectivity index (χ4v) is 1.27. The normalized spacial score (nSPS) is 11.8. The van der Waals surface area contributed by atoms with Crippen molar-refractivity contribution in [3.05, 3.63) is 35.9 Å². The first kappa shape index (κ1) is 8.49. The Balaban J connectivity index is 3.02. The molecule has 0 aliphatic rings. The lowest BCUT2D eigenvalue weighted by atomic mass is 10.0. The third kappa shape index (κ3) is 1.91. The molecule has 0 nitrogen and oxygen atoms in total. The van der Waals surface area contributed by atoms with Gasteiger partial charge in [-0.15, -0.1) is 8.20 Å². The molecule has 1 aromatic carbocycles. The molecule has 1 heteroatoms. The van der Waals surface area contributed by atoms with Crippen molar-refractivity contribution in [1.82, 2.24) is 0 Å². The van der Waals surface area contributed by atoms with Crippen LogP contribution in [0.15, 0.2) is 30.3 Å². The Labute approximate surface area is 70.1 Å². The van der Waals surface area contributed by atoms with Crippen LogP contribution in [0, 0.1) is 0 Å². The zero-order valence-electron chi connectivity index (χ0n) is 7.04. The average Bonchev–Trinajstić information content (AvgIpc) is 2.06. The van der Waals surface area contributed by atoms with E-state index in [1.165, 1.54) is 13.8 Å². The third-order valence-corrected chi connectivity index (χ3v) is 2.92. The maximum atomic E-state index is 3.91. The molecule has 0 saturated carbocycles. The van der Waals surface area contributed by atoms with Crippen LogP contribution in [0.3, 0.4) is 0 Å². The molecule has 0 unspecified atom stereocenters. The van der Waals surface area contributed by atoms with Crippen molar-refractivity contribution in [1.29, 1.82) is 0 Å². The first-order valence-corrected chi connectivity index (χ1v) is 4.78. The molecule has 0 amide bonds. The van der Waals surface area contributed by atoms with Gasteiger partial charge in [0, 0.05) is 5.16 Å². The van der Waals surface area contributed by atoms with Crippen molar-refractivity contribution in [2.45, 2.75) is 19.0 Å². The molecular formula is C10H13P. The summed E-state index contributed by atoms with van der Waals surface area (Å²) < 4.78 is 0. The van der Waals surface area contributed by atoms with E-state index in [9.17, 15) is 0 Å². The molecule has 0 bridgehead atoms. The highest BCUT2D eigenvalue weighted by atomic mass is 31.1. The fourth-order valence-electron chi connectivity index (χ4n) is 0.937. The van der Waals surface area contributed by atoms with Gasteiger partial charge in [0.15, 0.2) is 0 Å². The summed E-state index contributed by atoms with van der Waals surface area (Å²) in [5.41, 5.74) is 1.36. The van der Waals surface area contributed by atoms with Crippen LogP contribution in [0.2, 0.25) is 0 Å². The van der Waals surface area contributed by atoms with Gasteiger partial charge in [-0.25, -0.2) is 0 Å². The van der Waals surface area contributed by atoms with Crippen molar-refractivity contribution in [3.8, 4) is 0 Å². The van der Waals surface area contributed by atoms with Gasteiger partial charge in [-0.1, -0.05) is 36.6 Å². The topological polar surface area (TPSA) is 0 Å². The van der Waals surface area contributed by atoms with Crippen LogP contribution in [-0.2, 0) is 5.16 Å². The van der Waals surface area contributed by atoms with Crippen LogP contribution >= 0.6 is 8.20 Å². The highest BCUT2D eigenvalue weighted by Gasteiger charge is 2.15. The number of benzene rings is 1. The van der Waals surface area contributed by atoms with E-state index in [1.54, 1.807) is 0 Å². The standard InChI is InChI=1S/C10H13P/c1-10(2,11-3)9-7-5-4-6-8-9/h4-8H,3H2,1-2H3. The lowest BCUT2D eigenvalue weighted by Crippen LogP contribution is -2.06. The Morgan fingerprint density at radius 2 is 1.73 bits per heavy atom. The smallest absolute Gasteiger partial charge is 0.0308 e. The largest absolute Gasteiger partial charge is 0.101 e. The lowest BCUT2D eigenvalue weighted by molar-refractivity contribution is 0.782. The van der Waals surface area contributed by atoms with Gasteiger partial charge in [0.2, 0.25) is 0 Å². The summed E-state index contributed by atoms with van der Waals surface area (Å²) in [6.07, 6.45) is 3.91. The molecule has 0 spiro atoms. The van der Waals surface area contributed by atoms with Crippen molar-refractivity contribution in [2.24, 2.45) is 0 Å². The van der Waals surface area contributed by atoms with E-state index >= 15 is 0 Å². The minimum Gasteiger partial charge on any atom is -0.101 e. The maximum absolute atomic E-state index is 3.91. The van der Waals surface area contributed by atoms with E-state index in [-0.39, 0.29) is 5.16 Å². The van der Waals surface area contributed by atoms with Crippen molar-refractivity contribution in [3.63, 3.8) is 0 Å². The first-order valence-electron chi connectivity index (χ1n) is 3.70. The first-order chi connectivity index (χ1) is 5.17. The van der Waals surface area contributed by atoms with Crippen molar-refractivity contribution < 1.29 is 0 Å². The van der Waals surface area contributed by atoms with E-state index in [0.29, 0.717) is 0 Å². The molecule has 0 aromatic heterocycles. The SMILES string of the molecule is C=PC(C)(C)c1ccccc1. The van der Waals surface area contributed by atoms with Gasteiger partial charge in [-0.05, 0) is 19.4 Å². The Hall–Kier alpha value is -0.610. The molecule has 0 aliphatic heterocycles. The molecule has 0 atom stereocenters. The molecule has 11 heavy (non-hydrogen) atoms. The fraction of sp³-hybridized carbons (Fsp3) is 0.300. The highest BCUT2D eigenvalue weighted by Crippen LogP contribution is 2.32. The molecule has 1 aromatic rings. The minimum atomic E-state index is 0.196. The van der Waals surface area contributed by atoms with Gasteiger partial charge in [0.05, 0.1) is 0 Å². The molecule has 58 valence electrons. The molecule has 0 N–H and O–H groups in total. The maximum Gasteiger partial charge on any atom is 0.0308 e. The predicted molar refractivity (Wildman–Crippen MR) is 53.5 cm³/mol. The number of hydrogen-bond acceptors (Lipinski definition) is 0. The summed E-state index contributed by atoms with van der Waals surface area (Å²) in [5.74, 6) is 0. The average molecular weight is 164 g/mol. The van der Waals surface area contributed by atoms with Gasteiger partial charge >= 0.3 is 0 Å². The van der Waals surface area contributed by atoms with Gasteiger partial charge in [0.1, 0.15) is 0 Å². The van der Waals surface area contributed by atoms with Gasteiger partial charge in [0.25, 0.3) is 0 Å². The van der Waals surface area contributed by atoms with Crippen LogP contribution in [0.4, 0.5) is 0 Å². The highest BCUT2D eigenvalue weighted by molar-refractivity contribution is 7.38. The number of hydrogen-bond donors (Lipinski definition) is 0. The summed E-state index contributed by atoms with van der Waals surface area (Å²) >= 11 is 0. The second-order valence-corrected chi connectivity index (χ2v) is 4.52. The Morgan fingerprint density at radius 1 is 1.18 bits per heavy atom. The van der Waals surface area contributed by atoms with Crippen LogP contribution < -0.4 is 0 Å². The van der Waals surface area contributed by atoms with Gasteiger partial charge in [-0.2, -0.15) is 0 Å². The molecular weight excluding hydrogens is 151 g/mol. The second-order valence-electron chi connectivity index (χ2n) is 3.08. The Kier molecular flexibility index (Phi) is 2.46. The lowest BCUT2D eigenvalue weighted by Gasteiger charge is -2.18. The number of rotatable bonds is 2. The Bertz CT molecular complexity index is 236. The monoisotopic (exact) mass is 164 g/mol. The summed E-state index contributed by atoms with van der Waals surface area (Å²) in [5, 5.41) is 0.196. The molecule has 0 saturated heterocycles. The molecule has 0 radical (unpaired) electrons. The second kappa shape index (κ2) is 3.19. The summed E-state index contributed by atoms with van der Waals surface area (Å²) in [7, 11) is 1.17. The van der Waals surface area contributed by atoms with Crippen LogP contribution in [-0.4, -0.2) is 6.30 Å². The van der Waals surface area contributed by atoms with E-state index in [0.717, 1.165) is 0 Å². The quantitative estimate of drug-likeness (QED) is 0.588. The van der Waals surface area contributed by atoms with E-state index in [2.05, 4.69) is 44.4 Å². The summed E-state index contributed by atoms with van der Waals surface area (Å²) in [6.45, 7) is 4.41. The minimum absolute atomic E-state index is 0.196. The van der Waals surface area contributed by atoms with Crippen LogP contribution in [0.25, 0.3) is 0 Å². The van der Waals surface area contributed by atoms with E-state index in [1.807, 2.05) is 6.07 Å². The van der Waals surface area contributed by atoms with Crippen LogP contribution in [0.5, 0.6) is 0 Å². The van der Waals surface area contributed by atoms with Gasteiger partial charge in [-0.3, -0.25) is 0 Å². The van der Waals surface area contributed by atoms with Crippen molar-refractivity contribution in [2.75, 3.05) is 0 Å². The van der Waals surface area contributed by atoms with E-state index in [4.69, 9.17) is 0 Å². The summed E-state index contributed by atoms with van der Waals surface area (Å²) in [4.78, 5) is 0. The predicted octanol–water partition coefficient (Wildman–Crippen LogP) is 3.30. The molecule has 0 aliphatic carbocycles. The van der Waals surface area contributed by atoms with Crippen molar-refractivity contribution >= 4 is 14.5 Å². The van der Waals surface area contributed by atoms with Crippen LogP contribution in [0.1, 0.15) is 19.4 Å². The summed E-state index contributed by atoms with van der Waals surface area (Å²) in [6, 6.07) is 10.5. The molecule has 1 rings (SSSR count). The third-order valence-electron chi connectivity index (χ3n) is 1.88. The molecule has 0 heterocycles. The zero-order valence-corrected chi connectivity index (χ0v) is 7.94. The van der Waals surface area contributed by atoms with Gasteiger partial charge < -0.3 is 0 Å². The molecule has 0 fully saturated rings. The van der Waals surface area contributed by atoms with E-state index < -0.39 is 0 Å². The zero-order chi connectivity index (χ0) is 8.32.